The lowest BCUT2D eigenvalue weighted by Crippen LogP contribution is -2.33. The van der Waals surface area contributed by atoms with Crippen molar-refractivity contribution in [3.63, 3.8) is 0 Å². The van der Waals surface area contributed by atoms with Gasteiger partial charge in [-0.15, -0.1) is 0 Å². The fraction of sp³-hybridized carbons (Fsp3) is 0.190. The Kier molecular flexibility index (Phi) is 5.80. The van der Waals surface area contributed by atoms with Gasteiger partial charge in [0.15, 0.2) is 0 Å². The highest BCUT2D eigenvalue weighted by Gasteiger charge is 2.39. The summed E-state index contributed by atoms with van der Waals surface area (Å²) in [5.41, 5.74) is 2.30. The number of carbonyl (C=O) groups excluding carboxylic acids is 3. The number of halogens is 1. The van der Waals surface area contributed by atoms with E-state index >= 15 is 0 Å². The number of nitrogens with one attached hydrogen (secondary N) is 1. The molecule has 1 N–H and O–H groups in total. The highest BCUT2D eigenvalue weighted by Crippen LogP contribution is 2.32. The Bertz CT molecular complexity index is 967. The summed E-state index contributed by atoms with van der Waals surface area (Å²) in [7, 11) is 0. The molecule has 1 heterocycles. The predicted octanol–water partition coefficient (Wildman–Crippen LogP) is 3.86. The third-order valence-corrected chi connectivity index (χ3v) is 4.66. The molecule has 0 saturated heterocycles. The number of nitrogens with zero attached hydrogens (tertiary/aromatic N) is 1. The van der Waals surface area contributed by atoms with Crippen molar-refractivity contribution in [2.45, 2.75) is 20.3 Å². The first-order valence-electron chi connectivity index (χ1n) is 8.88. The molecule has 0 unspecified atom stereocenters. The number of para-hydroxylation sites is 1. The molecule has 144 valence electrons. The Morgan fingerprint density at radius 1 is 1.04 bits per heavy atom. The molecule has 0 bridgehead atoms. The van der Waals surface area contributed by atoms with Crippen LogP contribution in [0.15, 0.2) is 59.3 Å². The maximum atomic E-state index is 12.9. The Morgan fingerprint density at radius 3 is 2.36 bits per heavy atom. The normalized spacial score (nSPS) is 13.9. The zero-order valence-electron chi connectivity index (χ0n) is 15.5. The highest BCUT2D eigenvalue weighted by atomic mass is 35.5. The number of esters is 1. The third-order valence-electron chi connectivity index (χ3n) is 4.31. The van der Waals surface area contributed by atoms with Crippen molar-refractivity contribution in [2.75, 3.05) is 16.8 Å². The lowest BCUT2D eigenvalue weighted by atomic mass is 10.1. The maximum absolute atomic E-state index is 12.9. The number of hydrogen-bond acceptors (Lipinski definition) is 5. The second-order valence-corrected chi connectivity index (χ2v) is 6.42. The predicted molar refractivity (Wildman–Crippen MR) is 107 cm³/mol. The summed E-state index contributed by atoms with van der Waals surface area (Å²) in [5, 5.41) is 2.71. The first kappa shape index (κ1) is 19.6. The third kappa shape index (κ3) is 3.64. The van der Waals surface area contributed by atoms with Gasteiger partial charge in [0.25, 0.3) is 11.8 Å². The summed E-state index contributed by atoms with van der Waals surface area (Å²) in [6.07, 6.45) is 0.670. The van der Waals surface area contributed by atoms with E-state index in [0.29, 0.717) is 23.4 Å². The fourth-order valence-corrected chi connectivity index (χ4v) is 3.12. The minimum atomic E-state index is -0.571. The standard InChI is InChI=1S/C21H19ClN2O4/c1-3-13-7-5-6-8-16(13)24-19(25)17(22)18(20(24)26)23-15-11-9-14(10-12-15)21(27)28-4-2/h5-12,23H,3-4H2,1-2H3. The van der Waals surface area contributed by atoms with E-state index in [9.17, 15) is 14.4 Å². The minimum Gasteiger partial charge on any atom is -0.462 e. The molecule has 0 aliphatic carbocycles. The van der Waals surface area contributed by atoms with Crippen LogP contribution in [0, 0.1) is 0 Å². The van der Waals surface area contributed by atoms with Crippen molar-refractivity contribution in [1.29, 1.82) is 0 Å². The molecule has 7 heteroatoms. The van der Waals surface area contributed by atoms with Crippen molar-refractivity contribution >= 4 is 40.8 Å². The summed E-state index contributed by atoms with van der Waals surface area (Å²) in [6.45, 7) is 3.96. The molecule has 0 spiro atoms. The Labute approximate surface area is 167 Å². The molecular weight excluding hydrogens is 380 g/mol. The van der Waals surface area contributed by atoms with Gasteiger partial charge in [-0.25, -0.2) is 9.69 Å². The summed E-state index contributed by atoms with van der Waals surface area (Å²) < 4.78 is 4.94. The summed E-state index contributed by atoms with van der Waals surface area (Å²) in [5.74, 6) is -1.52. The van der Waals surface area contributed by atoms with E-state index in [2.05, 4.69) is 5.32 Å². The maximum Gasteiger partial charge on any atom is 0.338 e. The second-order valence-electron chi connectivity index (χ2n) is 6.04. The van der Waals surface area contributed by atoms with Crippen molar-refractivity contribution in [1.82, 2.24) is 0 Å². The van der Waals surface area contributed by atoms with Gasteiger partial charge in [0.2, 0.25) is 0 Å². The van der Waals surface area contributed by atoms with Crippen LogP contribution in [0.2, 0.25) is 0 Å². The van der Waals surface area contributed by atoms with E-state index in [1.54, 1.807) is 43.3 Å². The van der Waals surface area contributed by atoms with Crippen LogP contribution in [0.25, 0.3) is 0 Å². The van der Waals surface area contributed by atoms with Crippen LogP contribution >= 0.6 is 11.6 Å². The first-order valence-corrected chi connectivity index (χ1v) is 9.26. The number of rotatable bonds is 6. The van der Waals surface area contributed by atoms with Gasteiger partial charge in [0, 0.05) is 5.69 Å². The van der Waals surface area contributed by atoms with Crippen LogP contribution in [-0.2, 0) is 20.7 Å². The van der Waals surface area contributed by atoms with E-state index in [1.807, 2.05) is 19.1 Å². The number of ether oxygens (including phenoxy) is 1. The van der Waals surface area contributed by atoms with Crippen LogP contribution in [0.1, 0.15) is 29.8 Å². The molecule has 2 aromatic rings. The van der Waals surface area contributed by atoms with Gasteiger partial charge in [0.1, 0.15) is 10.7 Å². The van der Waals surface area contributed by atoms with E-state index in [4.69, 9.17) is 16.3 Å². The molecule has 0 saturated carbocycles. The molecule has 3 rings (SSSR count). The molecule has 2 aromatic carbocycles. The molecule has 0 atom stereocenters. The molecule has 2 amide bonds. The zero-order valence-corrected chi connectivity index (χ0v) is 16.2. The van der Waals surface area contributed by atoms with Gasteiger partial charge in [-0.05, 0) is 49.2 Å². The average Bonchev–Trinajstić information content (AvgIpc) is 2.92. The molecule has 6 nitrogen and oxygen atoms in total. The van der Waals surface area contributed by atoms with Crippen LogP contribution in [0.3, 0.4) is 0 Å². The van der Waals surface area contributed by atoms with Crippen LogP contribution in [-0.4, -0.2) is 24.4 Å². The number of imide groups is 1. The molecule has 1 aliphatic rings. The van der Waals surface area contributed by atoms with Gasteiger partial charge in [-0.2, -0.15) is 0 Å². The Hall–Kier alpha value is -3.12. The van der Waals surface area contributed by atoms with Gasteiger partial charge >= 0.3 is 5.97 Å². The van der Waals surface area contributed by atoms with Crippen molar-refractivity contribution in [3.05, 3.63) is 70.4 Å². The largest absolute Gasteiger partial charge is 0.462 e. The van der Waals surface area contributed by atoms with Gasteiger partial charge in [-0.3, -0.25) is 9.59 Å². The quantitative estimate of drug-likeness (QED) is 0.590. The van der Waals surface area contributed by atoms with Gasteiger partial charge in [0.05, 0.1) is 17.9 Å². The van der Waals surface area contributed by atoms with Crippen molar-refractivity contribution in [2.24, 2.45) is 0 Å². The lowest BCUT2D eigenvalue weighted by molar-refractivity contribution is -0.120. The van der Waals surface area contributed by atoms with Crippen LogP contribution in [0.5, 0.6) is 0 Å². The van der Waals surface area contributed by atoms with E-state index in [1.165, 1.54) is 0 Å². The van der Waals surface area contributed by atoms with Gasteiger partial charge < -0.3 is 10.1 Å². The first-order chi connectivity index (χ1) is 13.5. The van der Waals surface area contributed by atoms with E-state index in [0.717, 1.165) is 10.5 Å². The Balaban J connectivity index is 1.84. The molecule has 28 heavy (non-hydrogen) atoms. The number of aryl methyl sites for hydroxylation is 1. The number of anilines is 2. The molecule has 0 aromatic heterocycles. The average molecular weight is 399 g/mol. The fourth-order valence-electron chi connectivity index (χ4n) is 2.91. The van der Waals surface area contributed by atoms with Crippen LogP contribution < -0.4 is 10.2 Å². The topological polar surface area (TPSA) is 75.7 Å². The Morgan fingerprint density at radius 2 is 1.71 bits per heavy atom. The van der Waals surface area contributed by atoms with Crippen LogP contribution in [0.4, 0.5) is 11.4 Å². The number of carbonyl (C=O) groups is 3. The molecule has 0 radical (unpaired) electrons. The summed E-state index contributed by atoms with van der Waals surface area (Å²) in [4.78, 5) is 38.3. The number of hydrogen-bond donors (Lipinski definition) is 1. The highest BCUT2D eigenvalue weighted by molar-refractivity contribution is 6.53. The number of amides is 2. The number of benzene rings is 2. The lowest BCUT2D eigenvalue weighted by Gasteiger charge is -2.18. The smallest absolute Gasteiger partial charge is 0.338 e. The second kappa shape index (κ2) is 8.27. The molecular formula is C21H19ClN2O4. The monoisotopic (exact) mass is 398 g/mol. The van der Waals surface area contributed by atoms with E-state index < -0.39 is 17.8 Å². The summed E-state index contributed by atoms with van der Waals surface area (Å²) in [6, 6.07) is 13.6. The van der Waals surface area contributed by atoms with Gasteiger partial charge in [-0.1, -0.05) is 36.7 Å². The van der Waals surface area contributed by atoms with Crippen molar-refractivity contribution < 1.29 is 19.1 Å². The van der Waals surface area contributed by atoms with E-state index in [-0.39, 0.29) is 17.3 Å². The molecule has 1 aliphatic heterocycles. The SMILES string of the molecule is CCOC(=O)c1ccc(NC2=C(Cl)C(=O)N(c3ccccc3CC)C2=O)cc1. The molecule has 0 fully saturated rings. The zero-order chi connectivity index (χ0) is 20.3. The summed E-state index contributed by atoms with van der Waals surface area (Å²) >= 11 is 6.17. The minimum absolute atomic E-state index is 0.00135. The van der Waals surface area contributed by atoms with Crippen molar-refractivity contribution in [3.8, 4) is 0 Å².